The highest BCUT2D eigenvalue weighted by atomic mass is 16.5. The van der Waals surface area contributed by atoms with E-state index in [4.69, 9.17) is 4.74 Å². The molecule has 5 heteroatoms. The van der Waals surface area contributed by atoms with Crippen LogP contribution in [0.2, 0.25) is 0 Å². The number of nitrogens with one attached hydrogen (secondary N) is 1. The van der Waals surface area contributed by atoms with E-state index in [1.807, 2.05) is 36.4 Å². The molecule has 2 aromatic carbocycles. The molecule has 1 saturated carbocycles. The van der Waals surface area contributed by atoms with Crippen LogP contribution in [0.15, 0.2) is 42.5 Å². The smallest absolute Gasteiger partial charge is 0.325 e. The van der Waals surface area contributed by atoms with Gasteiger partial charge in [0.15, 0.2) is 0 Å². The minimum Gasteiger partial charge on any atom is -0.492 e. The van der Waals surface area contributed by atoms with Crippen LogP contribution in [0.3, 0.4) is 0 Å². The summed E-state index contributed by atoms with van der Waals surface area (Å²) in [5, 5.41) is 5.19. The van der Waals surface area contributed by atoms with Crippen LogP contribution in [0.25, 0.3) is 10.8 Å². The average Bonchev–Trinajstić information content (AvgIpc) is 2.86. The fourth-order valence-corrected chi connectivity index (χ4v) is 3.89. The largest absolute Gasteiger partial charge is 0.492 e. The van der Waals surface area contributed by atoms with Gasteiger partial charge in [-0.05, 0) is 35.7 Å². The third-order valence-corrected chi connectivity index (χ3v) is 5.26. The lowest BCUT2D eigenvalue weighted by Gasteiger charge is -2.30. The van der Waals surface area contributed by atoms with Crippen molar-refractivity contribution in [2.45, 2.75) is 37.6 Å². The molecule has 1 N–H and O–H groups in total. The van der Waals surface area contributed by atoms with Crippen LogP contribution in [-0.4, -0.2) is 35.5 Å². The van der Waals surface area contributed by atoms with Crippen LogP contribution in [0.1, 0.15) is 32.1 Å². The number of carbonyl (C=O) groups is 2. The minimum absolute atomic E-state index is 0.0840. The van der Waals surface area contributed by atoms with Crippen molar-refractivity contribution in [1.29, 1.82) is 0 Å². The second-order valence-electron chi connectivity index (χ2n) is 6.89. The number of fused-ring (bicyclic) bond motifs is 1. The Bertz CT molecular complexity index is 811. The van der Waals surface area contributed by atoms with Gasteiger partial charge in [0.1, 0.15) is 17.9 Å². The van der Waals surface area contributed by atoms with E-state index in [1.54, 1.807) is 0 Å². The van der Waals surface area contributed by atoms with Gasteiger partial charge in [-0.2, -0.15) is 0 Å². The number of hydrogen-bond acceptors (Lipinski definition) is 3. The molecule has 1 aliphatic heterocycles. The van der Waals surface area contributed by atoms with Gasteiger partial charge in [0, 0.05) is 0 Å². The summed E-state index contributed by atoms with van der Waals surface area (Å²) in [7, 11) is 0. The Labute approximate surface area is 146 Å². The first-order valence-corrected chi connectivity index (χ1v) is 8.94. The number of ether oxygens (including phenoxy) is 1. The zero-order valence-corrected chi connectivity index (χ0v) is 14.2. The van der Waals surface area contributed by atoms with Crippen LogP contribution in [-0.2, 0) is 4.79 Å². The summed E-state index contributed by atoms with van der Waals surface area (Å²) in [6.07, 6.45) is 4.62. The van der Waals surface area contributed by atoms with Gasteiger partial charge in [0.25, 0.3) is 5.91 Å². The van der Waals surface area contributed by atoms with E-state index in [9.17, 15) is 9.59 Å². The molecule has 130 valence electrons. The molecular formula is C20H22N2O3. The van der Waals surface area contributed by atoms with Gasteiger partial charge in [-0.3, -0.25) is 9.69 Å². The number of carbonyl (C=O) groups excluding carboxylic acids is 2. The van der Waals surface area contributed by atoms with E-state index in [1.165, 1.54) is 4.90 Å². The molecule has 5 nitrogen and oxygen atoms in total. The Hall–Kier alpha value is -2.56. The molecule has 1 spiro atoms. The van der Waals surface area contributed by atoms with Crippen LogP contribution >= 0.6 is 0 Å². The van der Waals surface area contributed by atoms with E-state index >= 15 is 0 Å². The highest BCUT2D eigenvalue weighted by Gasteiger charge is 2.50. The monoisotopic (exact) mass is 338 g/mol. The maximum absolute atomic E-state index is 12.7. The highest BCUT2D eigenvalue weighted by Crippen LogP contribution is 2.33. The van der Waals surface area contributed by atoms with E-state index < -0.39 is 5.54 Å². The van der Waals surface area contributed by atoms with Crippen molar-refractivity contribution in [3.05, 3.63) is 42.5 Å². The molecule has 1 aliphatic carbocycles. The van der Waals surface area contributed by atoms with Crippen LogP contribution < -0.4 is 10.1 Å². The minimum atomic E-state index is -0.654. The first-order chi connectivity index (χ1) is 12.2. The summed E-state index contributed by atoms with van der Waals surface area (Å²) in [4.78, 5) is 26.2. The van der Waals surface area contributed by atoms with E-state index in [0.717, 1.165) is 48.6 Å². The number of nitrogens with zero attached hydrogens (tertiary/aromatic N) is 1. The zero-order chi connectivity index (χ0) is 17.3. The lowest BCUT2D eigenvalue weighted by atomic mass is 9.82. The fourth-order valence-electron chi connectivity index (χ4n) is 3.89. The summed E-state index contributed by atoms with van der Waals surface area (Å²) in [6.45, 7) is 0.576. The standard InChI is InChI=1S/C20H22N2O3/c23-18-20(10-4-1-5-11-20)21-19(24)22(18)12-13-25-17-9-8-15-6-2-3-7-16(15)14-17/h2-3,6-9,14H,1,4-5,10-13H2,(H,21,24). The average molecular weight is 338 g/mol. The first kappa shape index (κ1) is 15.9. The molecular weight excluding hydrogens is 316 g/mol. The highest BCUT2D eigenvalue weighted by molar-refractivity contribution is 6.07. The van der Waals surface area contributed by atoms with Crippen molar-refractivity contribution in [3.8, 4) is 5.75 Å². The molecule has 0 atom stereocenters. The molecule has 0 aromatic heterocycles. The van der Waals surface area contributed by atoms with Crippen molar-refractivity contribution in [2.24, 2.45) is 0 Å². The van der Waals surface area contributed by atoms with Gasteiger partial charge >= 0.3 is 6.03 Å². The van der Waals surface area contributed by atoms with Gasteiger partial charge in [-0.15, -0.1) is 0 Å². The van der Waals surface area contributed by atoms with Crippen LogP contribution in [0, 0.1) is 0 Å². The van der Waals surface area contributed by atoms with Crippen molar-refractivity contribution in [2.75, 3.05) is 13.2 Å². The topological polar surface area (TPSA) is 58.6 Å². The summed E-state index contributed by atoms with van der Waals surface area (Å²) >= 11 is 0. The van der Waals surface area contributed by atoms with Gasteiger partial charge in [-0.25, -0.2) is 4.79 Å². The fraction of sp³-hybridized carbons (Fsp3) is 0.400. The quantitative estimate of drug-likeness (QED) is 0.869. The predicted molar refractivity (Wildman–Crippen MR) is 95.5 cm³/mol. The van der Waals surface area contributed by atoms with Crippen LogP contribution in [0.4, 0.5) is 4.79 Å². The number of rotatable bonds is 4. The Balaban J connectivity index is 1.39. The maximum atomic E-state index is 12.7. The Morgan fingerprint density at radius 1 is 1.00 bits per heavy atom. The summed E-state index contributed by atoms with van der Waals surface area (Å²) < 4.78 is 5.77. The van der Waals surface area contributed by atoms with Crippen molar-refractivity contribution in [3.63, 3.8) is 0 Å². The number of amides is 3. The molecule has 0 unspecified atom stereocenters. The molecule has 0 radical (unpaired) electrons. The number of imide groups is 1. The lowest BCUT2D eigenvalue weighted by molar-refractivity contribution is -0.132. The first-order valence-electron chi connectivity index (χ1n) is 8.94. The summed E-state index contributed by atoms with van der Waals surface area (Å²) in [5.74, 6) is 0.664. The third-order valence-electron chi connectivity index (χ3n) is 5.26. The molecule has 2 aromatic rings. The van der Waals surface area contributed by atoms with Gasteiger partial charge < -0.3 is 10.1 Å². The van der Waals surface area contributed by atoms with E-state index in [2.05, 4.69) is 11.4 Å². The molecule has 25 heavy (non-hydrogen) atoms. The van der Waals surface area contributed by atoms with Crippen LogP contribution in [0.5, 0.6) is 5.75 Å². The SMILES string of the molecule is O=C1NC2(CCCCC2)C(=O)N1CCOc1ccc2ccccc2c1. The molecule has 2 fully saturated rings. The Morgan fingerprint density at radius 3 is 2.56 bits per heavy atom. The van der Waals surface area contributed by atoms with Crippen molar-refractivity contribution < 1.29 is 14.3 Å². The predicted octanol–water partition coefficient (Wildman–Crippen LogP) is 3.47. The van der Waals surface area contributed by atoms with Crippen molar-refractivity contribution >= 4 is 22.7 Å². The lowest BCUT2D eigenvalue weighted by Crippen LogP contribution is -2.48. The molecule has 0 bridgehead atoms. The second-order valence-corrected chi connectivity index (χ2v) is 6.89. The number of urea groups is 1. The van der Waals surface area contributed by atoms with E-state index in [0.29, 0.717) is 6.61 Å². The summed E-state index contributed by atoms with van der Waals surface area (Å²) in [6, 6.07) is 13.7. The second kappa shape index (κ2) is 6.39. The van der Waals surface area contributed by atoms with E-state index in [-0.39, 0.29) is 18.5 Å². The molecule has 2 aliphatic rings. The van der Waals surface area contributed by atoms with Gasteiger partial charge in [-0.1, -0.05) is 49.6 Å². The Kier molecular flexibility index (Phi) is 4.07. The molecule has 1 saturated heterocycles. The molecule has 4 rings (SSSR count). The number of hydrogen-bond donors (Lipinski definition) is 1. The Morgan fingerprint density at radius 2 is 1.76 bits per heavy atom. The maximum Gasteiger partial charge on any atom is 0.325 e. The normalized spacial score (nSPS) is 19.4. The number of benzene rings is 2. The zero-order valence-electron chi connectivity index (χ0n) is 14.2. The molecule has 1 heterocycles. The van der Waals surface area contributed by atoms with Gasteiger partial charge in [0.2, 0.25) is 0 Å². The molecule has 3 amide bonds. The third kappa shape index (κ3) is 2.95. The van der Waals surface area contributed by atoms with Crippen molar-refractivity contribution in [1.82, 2.24) is 10.2 Å². The van der Waals surface area contributed by atoms with Gasteiger partial charge in [0.05, 0.1) is 6.54 Å². The summed E-state index contributed by atoms with van der Waals surface area (Å²) in [5.41, 5.74) is -0.654.